The van der Waals surface area contributed by atoms with Gasteiger partial charge in [-0.2, -0.15) is 0 Å². The van der Waals surface area contributed by atoms with E-state index in [1.807, 2.05) is 11.3 Å². The molecule has 0 aromatic carbocycles. The Labute approximate surface area is 107 Å². The second-order valence-corrected chi connectivity index (χ2v) is 6.53. The van der Waals surface area contributed by atoms with E-state index in [0.29, 0.717) is 6.04 Å². The lowest BCUT2D eigenvalue weighted by molar-refractivity contribution is -0.0870. The molecule has 1 aromatic heterocycles. The van der Waals surface area contributed by atoms with E-state index < -0.39 is 0 Å². The minimum absolute atomic E-state index is 0.0299. The van der Waals surface area contributed by atoms with E-state index in [1.54, 1.807) is 4.88 Å². The maximum absolute atomic E-state index is 6.23. The van der Waals surface area contributed by atoms with Crippen LogP contribution in [0.3, 0.4) is 0 Å². The van der Waals surface area contributed by atoms with Gasteiger partial charge in [-0.05, 0) is 44.4 Å². The second-order valence-electron chi connectivity index (χ2n) is 5.31. The molecule has 0 radical (unpaired) electrons. The first kappa shape index (κ1) is 11.7. The third kappa shape index (κ3) is 1.94. The van der Waals surface area contributed by atoms with E-state index in [9.17, 15) is 0 Å². The first-order chi connectivity index (χ1) is 8.23. The van der Waals surface area contributed by atoms with E-state index >= 15 is 0 Å². The van der Waals surface area contributed by atoms with E-state index in [-0.39, 0.29) is 5.60 Å². The lowest BCUT2D eigenvalue weighted by Crippen LogP contribution is -2.48. The van der Waals surface area contributed by atoms with Gasteiger partial charge in [0.15, 0.2) is 0 Å². The number of rotatable bonds is 1. The monoisotopic (exact) mass is 251 g/mol. The maximum atomic E-state index is 6.23. The minimum Gasteiger partial charge on any atom is -0.370 e. The molecule has 0 bridgehead atoms. The van der Waals surface area contributed by atoms with Gasteiger partial charge in [-0.1, -0.05) is 6.92 Å². The Bertz CT molecular complexity index is 414. The highest BCUT2D eigenvalue weighted by atomic mass is 32.1. The second kappa shape index (κ2) is 4.38. The molecule has 2 nitrogen and oxygen atoms in total. The van der Waals surface area contributed by atoms with Gasteiger partial charge in [-0.15, -0.1) is 11.3 Å². The van der Waals surface area contributed by atoms with Crippen LogP contribution < -0.4 is 5.32 Å². The zero-order chi connectivity index (χ0) is 11.9. The van der Waals surface area contributed by atoms with Gasteiger partial charge in [0, 0.05) is 22.2 Å². The van der Waals surface area contributed by atoms with E-state index in [1.165, 1.54) is 10.4 Å². The summed E-state index contributed by atoms with van der Waals surface area (Å²) in [6.07, 6.45) is 4.52. The third-order valence-electron chi connectivity index (χ3n) is 4.06. The summed E-state index contributed by atoms with van der Waals surface area (Å²) in [6.45, 7) is 6.50. The predicted molar refractivity (Wildman–Crippen MR) is 71.7 cm³/mol. The van der Waals surface area contributed by atoms with Gasteiger partial charge in [-0.3, -0.25) is 0 Å². The molecule has 0 amide bonds. The number of nitrogens with one attached hydrogen (secondary N) is 1. The SMILES string of the molecule is CCc1cc2c(s1)CCOC21CCN[C@@H](C)C1. The van der Waals surface area contributed by atoms with Crippen LogP contribution in [0.25, 0.3) is 0 Å². The Morgan fingerprint density at radius 1 is 1.59 bits per heavy atom. The molecule has 2 atom stereocenters. The van der Waals surface area contributed by atoms with Crippen LogP contribution >= 0.6 is 11.3 Å². The number of piperidine rings is 1. The molecule has 3 heteroatoms. The normalized spacial score (nSPS) is 32.7. The zero-order valence-electron chi connectivity index (χ0n) is 10.7. The van der Waals surface area contributed by atoms with Crippen molar-refractivity contribution in [2.24, 2.45) is 0 Å². The van der Waals surface area contributed by atoms with Crippen molar-refractivity contribution in [1.82, 2.24) is 5.32 Å². The quantitative estimate of drug-likeness (QED) is 0.828. The van der Waals surface area contributed by atoms with Crippen LogP contribution in [0.4, 0.5) is 0 Å². The molecule has 2 aliphatic rings. The largest absolute Gasteiger partial charge is 0.370 e. The Kier molecular flexibility index (Phi) is 3.01. The van der Waals surface area contributed by atoms with Gasteiger partial charge >= 0.3 is 0 Å². The van der Waals surface area contributed by atoms with Crippen LogP contribution in [0.2, 0.25) is 0 Å². The molecule has 0 aliphatic carbocycles. The number of hydrogen-bond acceptors (Lipinski definition) is 3. The lowest BCUT2D eigenvalue weighted by atomic mass is 9.80. The summed E-state index contributed by atoms with van der Waals surface area (Å²) in [6, 6.07) is 2.98. The molecular formula is C14H21NOS. The summed E-state index contributed by atoms with van der Waals surface area (Å²) in [7, 11) is 0. The van der Waals surface area contributed by atoms with E-state index in [2.05, 4.69) is 25.2 Å². The molecule has 2 aliphatic heterocycles. The Morgan fingerprint density at radius 3 is 3.24 bits per heavy atom. The number of aryl methyl sites for hydroxylation is 1. The topological polar surface area (TPSA) is 21.3 Å². The van der Waals surface area contributed by atoms with Gasteiger partial charge in [0.1, 0.15) is 0 Å². The predicted octanol–water partition coefficient (Wildman–Crippen LogP) is 2.85. The van der Waals surface area contributed by atoms with Crippen LogP contribution in [0.5, 0.6) is 0 Å². The highest BCUT2D eigenvalue weighted by molar-refractivity contribution is 7.12. The number of hydrogen-bond donors (Lipinski definition) is 1. The van der Waals surface area contributed by atoms with Crippen molar-refractivity contribution >= 4 is 11.3 Å². The van der Waals surface area contributed by atoms with Crippen molar-refractivity contribution in [1.29, 1.82) is 0 Å². The first-order valence-electron chi connectivity index (χ1n) is 6.73. The zero-order valence-corrected chi connectivity index (χ0v) is 11.5. The molecule has 0 saturated carbocycles. The maximum Gasteiger partial charge on any atom is 0.0969 e. The van der Waals surface area contributed by atoms with Crippen molar-refractivity contribution < 1.29 is 4.74 Å². The molecule has 1 fully saturated rings. The summed E-state index contributed by atoms with van der Waals surface area (Å²) in [4.78, 5) is 3.10. The minimum atomic E-state index is 0.0299. The van der Waals surface area contributed by atoms with Gasteiger partial charge < -0.3 is 10.1 Å². The fraction of sp³-hybridized carbons (Fsp3) is 0.714. The lowest BCUT2D eigenvalue weighted by Gasteiger charge is -2.43. The van der Waals surface area contributed by atoms with Crippen LogP contribution in [0, 0.1) is 0 Å². The van der Waals surface area contributed by atoms with Crippen LogP contribution in [-0.4, -0.2) is 19.2 Å². The summed E-state index contributed by atoms with van der Waals surface area (Å²) < 4.78 is 6.23. The van der Waals surface area contributed by atoms with Crippen LogP contribution in [0.1, 0.15) is 42.0 Å². The average molecular weight is 251 g/mol. The molecular weight excluding hydrogens is 230 g/mol. The summed E-state index contributed by atoms with van der Waals surface area (Å²) in [5, 5.41) is 3.53. The first-order valence-corrected chi connectivity index (χ1v) is 7.54. The fourth-order valence-corrected chi connectivity index (χ4v) is 4.39. The molecule has 1 spiro atoms. The van der Waals surface area contributed by atoms with Gasteiger partial charge in [-0.25, -0.2) is 0 Å². The third-order valence-corrected chi connectivity index (χ3v) is 5.40. The summed E-state index contributed by atoms with van der Waals surface area (Å²) in [5.74, 6) is 0. The van der Waals surface area contributed by atoms with E-state index in [0.717, 1.165) is 38.8 Å². The molecule has 1 N–H and O–H groups in total. The molecule has 3 rings (SSSR count). The summed E-state index contributed by atoms with van der Waals surface area (Å²) >= 11 is 2.00. The highest BCUT2D eigenvalue weighted by Gasteiger charge is 2.41. The van der Waals surface area contributed by atoms with Crippen molar-refractivity contribution in [3.8, 4) is 0 Å². The summed E-state index contributed by atoms with van der Waals surface area (Å²) in [5.41, 5.74) is 1.54. The number of fused-ring (bicyclic) bond motifs is 2. The van der Waals surface area contributed by atoms with Crippen LogP contribution in [0.15, 0.2) is 6.07 Å². The van der Waals surface area contributed by atoms with Crippen molar-refractivity contribution in [3.05, 3.63) is 21.4 Å². The molecule has 94 valence electrons. The molecule has 17 heavy (non-hydrogen) atoms. The molecule has 3 heterocycles. The average Bonchev–Trinajstić information content (AvgIpc) is 2.74. The van der Waals surface area contributed by atoms with E-state index in [4.69, 9.17) is 4.74 Å². The van der Waals surface area contributed by atoms with Crippen molar-refractivity contribution in [3.63, 3.8) is 0 Å². The Balaban J connectivity index is 1.99. The van der Waals surface area contributed by atoms with Gasteiger partial charge in [0.25, 0.3) is 0 Å². The fourth-order valence-electron chi connectivity index (χ4n) is 3.21. The standard InChI is InChI=1S/C14H21NOS/c1-3-11-8-12-13(17-11)4-7-16-14(12)5-6-15-10(2)9-14/h8,10,15H,3-7,9H2,1-2H3/t10-,14?/m0/s1. The van der Waals surface area contributed by atoms with Crippen molar-refractivity contribution in [2.45, 2.75) is 51.2 Å². The highest BCUT2D eigenvalue weighted by Crippen LogP contribution is 2.44. The number of ether oxygens (including phenoxy) is 1. The Hall–Kier alpha value is -0.380. The number of thiophene rings is 1. The smallest absolute Gasteiger partial charge is 0.0969 e. The van der Waals surface area contributed by atoms with Gasteiger partial charge in [0.2, 0.25) is 0 Å². The molecule has 1 unspecified atom stereocenters. The Morgan fingerprint density at radius 2 is 2.47 bits per heavy atom. The van der Waals surface area contributed by atoms with Gasteiger partial charge in [0.05, 0.1) is 12.2 Å². The van der Waals surface area contributed by atoms with Crippen LogP contribution in [-0.2, 0) is 23.2 Å². The van der Waals surface area contributed by atoms with Crippen molar-refractivity contribution in [2.75, 3.05) is 13.2 Å². The molecule has 1 aromatic rings. The molecule has 1 saturated heterocycles.